The van der Waals surface area contributed by atoms with E-state index in [0.29, 0.717) is 11.1 Å². The van der Waals surface area contributed by atoms with Crippen molar-refractivity contribution in [2.75, 3.05) is 0 Å². The predicted molar refractivity (Wildman–Crippen MR) is 79.8 cm³/mol. The first-order valence-electron chi connectivity index (χ1n) is 6.80. The van der Waals surface area contributed by atoms with Gasteiger partial charge in [-0.15, -0.1) is 6.58 Å². The van der Waals surface area contributed by atoms with Gasteiger partial charge in [-0.2, -0.15) is 13.2 Å². The fraction of sp³-hybridized carbons (Fsp3) is 0.167. The number of hydrogen-bond donors (Lipinski definition) is 0. The topological polar surface area (TPSA) is 17.1 Å². The lowest BCUT2D eigenvalue weighted by atomic mass is 9.91. The molecule has 0 aliphatic rings. The number of alkyl halides is 3. The number of ketones is 1. The Balaban J connectivity index is 2.15. The molecule has 1 atom stereocenters. The zero-order valence-corrected chi connectivity index (χ0v) is 11.8. The van der Waals surface area contributed by atoms with E-state index >= 15 is 0 Å². The Labute approximate surface area is 127 Å². The van der Waals surface area contributed by atoms with Gasteiger partial charge in [0.05, 0.1) is 5.56 Å². The maximum Gasteiger partial charge on any atom is 0.416 e. The number of benzene rings is 2. The second-order valence-electron chi connectivity index (χ2n) is 4.96. The summed E-state index contributed by atoms with van der Waals surface area (Å²) >= 11 is 0. The molecule has 0 aliphatic carbocycles. The molecule has 1 nitrogen and oxygen atoms in total. The summed E-state index contributed by atoms with van der Waals surface area (Å²) in [6, 6.07) is 13.6. The van der Waals surface area contributed by atoms with E-state index in [9.17, 15) is 18.0 Å². The highest BCUT2D eigenvalue weighted by atomic mass is 19.4. The summed E-state index contributed by atoms with van der Waals surface area (Å²) in [6.45, 7) is 3.68. The summed E-state index contributed by atoms with van der Waals surface area (Å²) in [5.74, 6) is -0.375. The minimum absolute atomic E-state index is 0.0644. The molecule has 0 heterocycles. The van der Waals surface area contributed by atoms with Crippen LogP contribution in [-0.2, 0) is 6.18 Å². The Bertz CT molecular complexity index is 642. The standard InChI is InChI=1S/C18H15F3O/c1-2-13(12-17(22)15-6-4-3-5-7-15)14-8-10-16(11-9-14)18(19,20)21/h2-11,13H,1,12H2/t13-/m1/s1. The number of Topliss-reactive ketones (excluding diaryl/α,β-unsaturated/α-hetero) is 1. The molecule has 0 aliphatic heterocycles. The Hall–Kier alpha value is -2.36. The van der Waals surface area contributed by atoms with Crippen molar-refractivity contribution in [2.45, 2.75) is 18.5 Å². The molecule has 22 heavy (non-hydrogen) atoms. The Kier molecular flexibility index (Phi) is 4.81. The van der Waals surface area contributed by atoms with Gasteiger partial charge in [0, 0.05) is 17.9 Å². The lowest BCUT2D eigenvalue weighted by Gasteiger charge is -2.14. The molecule has 114 valence electrons. The summed E-state index contributed by atoms with van der Waals surface area (Å²) in [6.07, 6.45) is -2.59. The minimum atomic E-state index is -4.36. The first-order chi connectivity index (χ1) is 10.4. The Morgan fingerprint density at radius 2 is 1.64 bits per heavy atom. The number of halogens is 3. The average Bonchev–Trinajstić information content (AvgIpc) is 2.52. The maximum atomic E-state index is 12.6. The van der Waals surface area contributed by atoms with E-state index in [0.717, 1.165) is 12.1 Å². The van der Waals surface area contributed by atoms with Crippen LogP contribution in [-0.4, -0.2) is 5.78 Å². The van der Waals surface area contributed by atoms with Crippen LogP contribution in [0.25, 0.3) is 0 Å². The van der Waals surface area contributed by atoms with E-state index in [-0.39, 0.29) is 18.1 Å². The Morgan fingerprint density at radius 3 is 2.14 bits per heavy atom. The molecule has 2 aromatic carbocycles. The molecule has 2 rings (SSSR count). The molecule has 0 aromatic heterocycles. The molecule has 0 amide bonds. The van der Waals surface area contributed by atoms with E-state index in [1.54, 1.807) is 30.3 Å². The third-order valence-electron chi connectivity index (χ3n) is 3.45. The normalized spacial score (nSPS) is 12.7. The van der Waals surface area contributed by atoms with Gasteiger partial charge in [-0.25, -0.2) is 0 Å². The molecule has 0 radical (unpaired) electrons. The van der Waals surface area contributed by atoms with Crippen molar-refractivity contribution >= 4 is 5.78 Å². The van der Waals surface area contributed by atoms with Crippen LogP contribution in [0.3, 0.4) is 0 Å². The molecular formula is C18H15F3O. The summed E-state index contributed by atoms with van der Waals surface area (Å²) in [5.41, 5.74) is 0.530. The summed E-state index contributed by atoms with van der Waals surface area (Å²) in [7, 11) is 0. The minimum Gasteiger partial charge on any atom is -0.294 e. The second kappa shape index (κ2) is 6.60. The number of carbonyl (C=O) groups is 1. The van der Waals surface area contributed by atoms with Gasteiger partial charge in [0.15, 0.2) is 5.78 Å². The van der Waals surface area contributed by atoms with Crippen molar-refractivity contribution in [3.05, 3.63) is 83.9 Å². The first-order valence-corrected chi connectivity index (χ1v) is 6.80. The predicted octanol–water partition coefficient (Wildman–Crippen LogP) is 5.25. The highest BCUT2D eigenvalue weighted by Crippen LogP contribution is 2.31. The fourth-order valence-electron chi connectivity index (χ4n) is 2.20. The van der Waals surface area contributed by atoms with E-state index in [4.69, 9.17) is 0 Å². The third-order valence-corrected chi connectivity index (χ3v) is 3.45. The van der Waals surface area contributed by atoms with Crippen LogP contribution in [0.2, 0.25) is 0 Å². The van der Waals surface area contributed by atoms with E-state index < -0.39 is 11.7 Å². The van der Waals surface area contributed by atoms with Crippen molar-refractivity contribution in [3.8, 4) is 0 Å². The molecular weight excluding hydrogens is 289 g/mol. The zero-order valence-electron chi connectivity index (χ0n) is 11.8. The number of hydrogen-bond acceptors (Lipinski definition) is 1. The average molecular weight is 304 g/mol. The van der Waals surface area contributed by atoms with Gasteiger partial charge in [0.25, 0.3) is 0 Å². The van der Waals surface area contributed by atoms with Gasteiger partial charge >= 0.3 is 6.18 Å². The highest BCUT2D eigenvalue weighted by molar-refractivity contribution is 5.96. The van der Waals surface area contributed by atoms with Crippen molar-refractivity contribution in [2.24, 2.45) is 0 Å². The van der Waals surface area contributed by atoms with Crippen LogP contribution in [0.1, 0.15) is 33.8 Å². The second-order valence-corrected chi connectivity index (χ2v) is 4.96. The van der Waals surface area contributed by atoms with Gasteiger partial charge in [-0.05, 0) is 17.7 Å². The van der Waals surface area contributed by atoms with Crippen LogP contribution in [0.4, 0.5) is 13.2 Å². The lowest BCUT2D eigenvalue weighted by molar-refractivity contribution is -0.137. The number of allylic oxidation sites excluding steroid dienone is 1. The van der Waals surface area contributed by atoms with Gasteiger partial charge in [-0.1, -0.05) is 48.5 Å². The Morgan fingerprint density at radius 1 is 1.05 bits per heavy atom. The van der Waals surface area contributed by atoms with Crippen LogP contribution in [0, 0.1) is 0 Å². The SMILES string of the molecule is C=C[C@H](CC(=O)c1ccccc1)c1ccc(C(F)(F)F)cc1. The number of carbonyl (C=O) groups excluding carboxylic acids is 1. The molecule has 0 bridgehead atoms. The van der Waals surface area contributed by atoms with Gasteiger partial charge in [-0.3, -0.25) is 4.79 Å². The van der Waals surface area contributed by atoms with Crippen LogP contribution >= 0.6 is 0 Å². The van der Waals surface area contributed by atoms with Gasteiger partial charge in [0.1, 0.15) is 0 Å². The molecule has 2 aromatic rings. The lowest BCUT2D eigenvalue weighted by Crippen LogP contribution is -2.08. The molecule has 0 fully saturated rings. The first kappa shape index (κ1) is 16.0. The molecule has 0 spiro atoms. The highest BCUT2D eigenvalue weighted by Gasteiger charge is 2.30. The quantitative estimate of drug-likeness (QED) is 0.545. The van der Waals surface area contributed by atoms with E-state index in [1.807, 2.05) is 6.07 Å². The van der Waals surface area contributed by atoms with Crippen LogP contribution in [0.5, 0.6) is 0 Å². The van der Waals surface area contributed by atoms with Crippen molar-refractivity contribution in [1.29, 1.82) is 0 Å². The molecule has 0 saturated carbocycles. The zero-order chi connectivity index (χ0) is 16.2. The monoisotopic (exact) mass is 304 g/mol. The molecule has 0 unspecified atom stereocenters. The summed E-state index contributed by atoms with van der Waals surface area (Å²) in [5, 5.41) is 0. The summed E-state index contributed by atoms with van der Waals surface area (Å²) in [4.78, 5) is 12.2. The number of rotatable bonds is 5. The van der Waals surface area contributed by atoms with Crippen LogP contribution < -0.4 is 0 Å². The van der Waals surface area contributed by atoms with Gasteiger partial charge < -0.3 is 0 Å². The molecule has 4 heteroatoms. The third kappa shape index (κ3) is 3.85. The van der Waals surface area contributed by atoms with Crippen molar-refractivity contribution < 1.29 is 18.0 Å². The van der Waals surface area contributed by atoms with Crippen molar-refractivity contribution in [3.63, 3.8) is 0 Å². The largest absolute Gasteiger partial charge is 0.416 e. The molecule has 0 N–H and O–H groups in total. The van der Waals surface area contributed by atoms with Gasteiger partial charge in [0.2, 0.25) is 0 Å². The maximum absolute atomic E-state index is 12.6. The van der Waals surface area contributed by atoms with E-state index in [1.165, 1.54) is 12.1 Å². The summed E-state index contributed by atoms with van der Waals surface area (Å²) < 4.78 is 37.7. The van der Waals surface area contributed by atoms with E-state index in [2.05, 4.69) is 6.58 Å². The fourth-order valence-corrected chi connectivity index (χ4v) is 2.20. The van der Waals surface area contributed by atoms with Crippen LogP contribution in [0.15, 0.2) is 67.3 Å². The van der Waals surface area contributed by atoms with Crippen molar-refractivity contribution in [1.82, 2.24) is 0 Å². The smallest absolute Gasteiger partial charge is 0.294 e. The molecule has 0 saturated heterocycles.